The zero-order valence-electron chi connectivity index (χ0n) is 11.1. The highest BCUT2D eigenvalue weighted by atomic mass is 32.1. The first-order valence-electron chi connectivity index (χ1n) is 6.21. The van der Waals surface area contributed by atoms with Gasteiger partial charge in [-0.2, -0.15) is 0 Å². The summed E-state index contributed by atoms with van der Waals surface area (Å²) in [6.07, 6.45) is 1.97. The maximum absolute atomic E-state index is 4.54. The van der Waals surface area contributed by atoms with Crippen LogP contribution in [0.4, 0.5) is 10.8 Å². The maximum atomic E-state index is 4.54. The van der Waals surface area contributed by atoms with Crippen molar-refractivity contribution in [2.75, 3.05) is 18.5 Å². The van der Waals surface area contributed by atoms with Gasteiger partial charge in [0.15, 0.2) is 5.13 Å². The number of nitrogens with zero attached hydrogens (tertiary/aromatic N) is 2. The molecule has 1 unspecified atom stereocenters. The van der Waals surface area contributed by atoms with Crippen LogP contribution in [0.3, 0.4) is 0 Å². The van der Waals surface area contributed by atoms with Crippen molar-refractivity contribution in [2.45, 2.75) is 19.9 Å². The van der Waals surface area contributed by atoms with Crippen molar-refractivity contribution < 1.29 is 0 Å². The highest BCUT2D eigenvalue weighted by Gasteiger charge is 2.13. The fraction of sp³-hybridized carbons (Fsp3) is 0.357. The number of anilines is 2. The smallest absolute Gasteiger partial charge is 0.190 e. The number of nitrogens with one attached hydrogen (secondary N) is 1. The van der Waals surface area contributed by atoms with Crippen molar-refractivity contribution in [3.63, 3.8) is 0 Å². The molecule has 1 heterocycles. The molecule has 96 valence electrons. The molecule has 18 heavy (non-hydrogen) atoms. The molecule has 1 aromatic heterocycles. The monoisotopic (exact) mass is 261 g/mol. The number of para-hydroxylation sites is 1. The molecule has 1 atom stereocenters. The van der Waals surface area contributed by atoms with Gasteiger partial charge in [0.25, 0.3) is 0 Å². The summed E-state index contributed by atoms with van der Waals surface area (Å²) in [6, 6.07) is 10.7. The summed E-state index contributed by atoms with van der Waals surface area (Å²) in [4.78, 5) is 8.04. The first-order valence-corrected chi connectivity index (χ1v) is 7.03. The molecule has 2 aromatic rings. The van der Waals surface area contributed by atoms with Gasteiger partial charge in [-0.25, -0.2) is 4.98 Å². The molecule has 4 heteroatoms. The van der Waals surface area contributed by atoms with Gasteiger partial charge in [-0.3, -0.25) is 0 Å². The Morgan fingerprint density at radius 2 is 2.06 bits per heavy atom. The van der Waals surface area contributed by atoms with Crippen molar-refractivity contribution >= 4 is 22.2 Å². The van der Waals surface area contributed by atoms with E-state index in [1.807, 2.05) is 19.3 Å². The number of hydrogen-bond donors (Lipinski definition) is 1. The Morgan fingerprint density at radius 1 is 1.33 bits per heavy atom. The van der Waals surface area contributed by atoms with E-state index in [1.54, 1.807) is 11.3 Å². The first-order chi connectivity index (χ1) is 8.76. The average molecular weight is 261 g/mol. The molecule has 0 fully saturated rings. The molecule has 0 saturated heterocycles. The summed E-state index contributed by atoms with van der Waals surface area (Å²) >= 11 is 1.75. The van der Waals surface area contributed by atoms with Gasteiger partial charge in [-0.05, 0) is 33.0 Å². The average Bonchev–Trinajstić information content (AvgIpc) is 2.89. The summed E-state index contributed by atoms with van der Waals surface area (Å²) < 4.78 is 0. The Labute approximate surface area is 112 Å². The van der Waals surface area contributed by atoms with Gasteiger partial charge < -0.3 is 10.2 Å². The topological polar surface area (TPSA) is 28.2 Å². The molecular weight excluding hydrogens is 242 g/mol. The van der Waals surface area contributed by atoms with Crippen molar-refractivity contribution in [3.8, 4) is 0 Å². The van der Waals surface area contributed by atoms with Crippen LogP contribution in [0, 0.1) is 0 Å². The third-order valence-corrected chi connectivity index (χ3v) is 4.19. The van der Waals surface area contributed by atoms with Crippen LogP contribution < -0.4 is 10.2 Å². The molecule has 1 N–H and O–H groups in total. The van der Waals surface area contributed by atoms with Crippen LogP contribution in [0.2, 0.25) is 0 Å². The van der Waals surface area contributed by atoms with E-state index in [0.29, 0.717) is 6.04 Å². The molecule has 0 aliphatic carbocycles. The van der Waals surface area contributed by atoms with Gasteiger partial charge >= 0.3 is 0 Å². The molecule has 0 aliphatic heterocycles. The van der Waals surface area contributed by atoms with Gasteiger partial charge in [-0.15, -0.1) is 0 Å². The van der Waals surface area contributed by atoms with Crippen molar-refractivity contribution in [1.29, 1.82) is 0 Å². The zero-order valence-corrected chi connectivity index (χ0v) is 11.9. The molecular formula is C14H19N3S. The van der Waals surface area contributed by atoms with Gasteiger partial charge in [0, 0.05) is 29.3 Å². The quantitative estimate of drug-likeness (QED) is 0.891. The minimum absolute atomic E-state index is 0.353. The van der Waals surface area contributed by atoms with Crippen LogP contribution in [0.15, 0.2) is 36.5 Å². The Balaban J connectivity index is 2.26. The summed E-state index contributed by atoms with van der Waals surface area (Å²) in [7, 11) is 1.97. The molecule has 3 nitrogen and oxygen atoms in total. The summed E-state index contributed by atoms with van der Waals surface area (Å²) in [5, 5.41) is 4.30. The Morgan fingerprint density at radius 3 is 2.67 bits per heavy atom. The first kappa shape index (κ1) is 13.1. The zero-order chi connectivity index (χ0) is 13.0. The van der Waals surface area contributed by atoms with Crippen LogP contribution in [-0.2, 0) is 0 Å². The van der Waals surface area contributed by atoms with Crippen molar-refractivity contribution in [1.82, 2.24) is 10.3 Å². The number of rotatable bonds is 5. The van der Waals surface area contributed by atoms with Crippen LogP contribution >= 0.6 is 11.3 Å². The van der Waals surface area contributed by atoms with Gasteiger partial charge in [0.05, 0.1) is 0 Å². The Bertz CT molecular complexity index is 481. The number of aromatic nitrogens is 1. The normalized spacial score (nSPS) is 12.4. The van der Waals surface area contributed by atoms with Crippen molar-refractivity contribution in [3.05, 3.63) is 41.4 Å². The van der Waals surface area contributed by atoms with Gasteiger partial charge in [-0.1, -0.05) is 29.5 Å². The van der Waals surface area contributed by atoms with Crippen LogP contribution in [0.5, 0.6) is 0 Å². The Hall–Kier alpha value is -1.39. The fourth-order valence-electron chi connectivity index (χ4n) is 1.78. The molecule has 0 amide bonds. The van der Waals surface area contributed by atoms with Crippen LogP contribution in [0.1, 0.15) is 24.8 Å². The lowest BCUT2D eigenvalue weighted by Gasteiger charge is -2.19. The summed E-state index contributed by atoms with van der Waals surface area (Å²) in [5.41, 5.74) is 1.19. The van der Waals surface area contributed by atoms with E-state index in [4.69, 9.17) is 0 Å². The molecule has 0 saturated carbocycles. The summed E-state index contributed by atoms with van der Waals surface area (Å²) in [6.45, 7) is 5.22. The predicted molar refractivity (Wildman–Crippen MR) is 78.7 cm³/mol. The van der Waals surface area contributed by atoms with Gasteiger partial charge in [0.2, 0.25) is 0 Å². The molecule has 0 spiro atoms. The standard InChI is InChI=1S/C14H19N3S/c1-4-17(12-8-6-5-7-9-12)14-16-10-13(18-14)11(2)15-3/h5-11,15H,4H2,1-3H3. The van der Waals surface area contributed by atoms with E-state index < -0.39 is 0 Å². The second kappa shape index (κ2) is 5.98. The van der Waals surface area contributed by atoms with Crippen molar-refractivity contribution in [2.24, 2.45) is 0 Å². The number of benzene rings is 1. The number of hydrogen-bond acceptors (Lipinski definition) is 4. The fourth-order valence-corrected chi connectivity index (χ4v) is 2.84. The Kier molecular flexibility index (Phi) is 4.33. The van der Waals surface area contributed by atoms with Gasteiger partial charge in [0.1, 0.15) is 0 Å². The molecule has 0 aliphatic rings. The summed E-state index contributed by atoms with van der Waals surface area (Å²) in [5.74, 6) is 0. The minimum Gasteiger partial charge on any atom is -0.318 e. The molecule has 0 bridgehead atoms. The second-order valence-corrected chi connectivity index (χ2v) is 5.18. The third-order valence-electron chi connectivity index (χ3n) is 2.99. The van der Waals surface area contributed by atoms with E-state index in [9.17, 15) is 0 Å². The van der Waals surface area contributed by atoms with E-state index in [-0.39, 0.29) is 0 Å². The minimum atomic E-state index is 0.353. The lowest BCUT2D eigenvalue weighted by atomic mass is 10.3. The lowest BCUT2D eigenvalue weighted by Crippen LogP contribution is -2.15. The van der Waals surface area contributed by atoms with E-state index in [0.717, 1.165) is 11.7 Å². The molecule has 2 rings (SSSR count). The lowest BCUT2D eigenvalue weighted by molar-refractivity contribution is 0.662. The molecule has 0 radical (unpaired) electrons. The maximum Gasteiger partial charge on any atom is 0.190 e. The SMILES string of the molecule is CCN(c1ccccc1)c1ncc(C(C)NC)s1. The third kappa shape index (κ3) is 2.71. The van der Waals surface area contributed by atoms with E-state index in [2.05, 4.69) is 53.3 Å². The van der Waals surface area contributed by atoms with Crippen LogP contribution in [-0.4, -0.2) is 18.6 Å². The largest absolute Gasteiger partial charge is 0.318 e. The second-order valence-electron chi connectivity index (χ2n) is 4.14. The van der Waals surface area contributed by atoms with Crippen LogP contribution in [0.25, 0.3) is 0 Å². The van der Waals surface area contributed by atoms with E-state index in [1.165, 1.54) is 10.6 Å². The molecule has 1 aromatic carbocycles. The van der Waals surface area contributed by atoms with E-state index >= 15 is 0 Å². The number of thiazole rings is 1. The highest BCUT2D eigenvalue weighted by molar-refractivity contribution is 7.15. The highest BCUT2D eigenvalue weighted by Crippen LogP contribution is 2.31. The predicted octanol–water partition coefficient (Wildman–Crippen LogP) is 3.58.